The Morgan fingerprint density at radius 3 is 1.66 bits per heavy atom. The number of aryl methyl sites for hydroxylation is 1. The number of rotatable bonds is 23. The number of carbonyl (C=O) groups is 11. The van der Waals surface area contributed by atoms with Crippen LogP contribution in [0.25, 0.3) is 0 Å². The number of likely N-dealkylation sites (N-methyl/N-ethyl adjacent to an activating group) is 6. The minimum atomic E-state index is -1.30. The first kappa shape index (κ1) is 87.2. The molecule has 0 spiro atoms. The number of hydrogen-bond donors (Lipinski definition) is 2. The van der Waals surface area contributed by atoms with E-state index in [1.807, 2.05) is 48.5 Å². The van der Waals surface area contributed by atoms with E-state index in [0.29, 0.717) is 43.4 Å². The van der Waals surface area contributed by atoms with Gasteiger partial charge in [0.1, 0.15) is 48.4 Å². The van der Waals surface area contributed by atoms with Gasteiger partial charge >= 0.3 is 0 Å². The van der Waals surface area contributed by atoms with Gasteiger partial charge in [-0.15, -0.1) is 5.10 Å². The Kier molecular flexibility index (Phi) is 35.2. The Hall–Kier alpha value is -6.17. The summed E-state index contributed by atoms with van der Waals surface area (Å²) >= 11 is 1.50. The molecule has 4 rings (SSSR count). The van der Waals surface area contributed by atoms with Gasteiger partial charge in [-0.1, -0.05) is 108 Å². The van der Waals surface area contributed by atoms with Gasteiger partial charge in [0.05, 0.1) is 25.4 Å². The number of amides is 9. The van der Waals surface area contributed by atoms with Gasteiger partial charge in [0.25, 0.3) is 5.91 Å². The lowest BCUT2D eigenvalue weighted by Crippen LogP contribution is -2.72. The summed E-state index contributed by atoms with van der Waals surface area (Å²) in [6.07, 6.45) is 1.65. The van der Waals surface area contributed by atoms with Gasteiger partial charge in [-0.25, -0.2) is 9.75 Å². The SMILES string of the molecule is CC[C@@H]1NC(=O)[C@@H]2[C@@H]([C@H](C)CCCCSc3nnnn3C)ON2C(=O)[C@H](C(C)C)N(C)C(=O)[C@H](CC(C)C)N(C)C(=O)[C@H](CC(C)C)N(C)C(=O)[C@@H](C)NC(=O)[C@H](C)CC(=O)[C@H](CC(C)C)N(C)C(=O)[C@H](C(C)C)CC(=O)[C@H]([C@@H](C)OCCCCN2CCOCC2)N(C)C(=O)[C@@H](C)N(C)C1=O. The maximum absolute atomic E-state index is 15.4. The average molecular weight is 1440 g/mol. The van der Waals surface area contributed by atoms with Gasteiger partial charge in [0.2, 0.25) is 52.4 Å². The summed E-state index contributed by atoms with van der Waals surface area (Å²) in [6, 6.07) is -10.8. The summed E-state index contributed by atoms with van der Waals surface area (Å²) in [5, 5.41) is 19.0. The maximum Gasteiger partial charge on any atom is 0.270 e. The molecular weight excluding hydrogens is 1320 g/mol. The zero-order chi connectivity index (χ0) is 76.2. The van der Waals surface area contributed by atoms with Crippen LogP contribution in [0.15, 0.2) is 5.16 Å². The lowest BCUT2D eigenvalue weighted by molar-refractivity contribution is -0.322. The van der Waals surface area contributed by atoms with Gasteiger partial charge in [0, 0.05) is 99.5 Å². The van der Waals surface area contributed by atoms with Crippen molar-refractivity contribution in [2.75, 3.05) is 87.5 Å². The number of nitrogens with zero attached hydrogens (tertiary/aromatic N) is 12. The van der Waals surface area contributed by atoms with E-state index in [0.717, 1.165) is 37.5 Å². The second-order valence-electron chi connectivity index (χ2n) is 30.6. The van der Waals surface area contributed by atoms with Crippen molar-refractivity contribution in [3.8, 4) is 0 Å². The third kappa shape index (κ3) is 23.9. The second-order valence-corrected chi connectivity index (χ2v) is 31.6. The van der Waals surface area contributed by atoms with E-state index in [9.17, 15) is 19.2 Å². The Balaban J connectivity index is 1.87. The quantitative estimate of drug-likeness (QED) is 0.106. The first-order valence-electron chi connectivity index (χ1n) is 36.8. The number of morpholine rings is 1. The lowest BCUT2D eigenvalue weighted by Gasteiger charge is -2.50. The molecule has 29 heteroatoms. The van der Waals surface area contributed by atoms with Crippen LogP contribution in [0.3, 0.4) is 0 Å². The van der Waals surface area contributed by atoms with Crippen molar-refractivity contribution in [3.63, 3.8) is 0 Å². The third-order valence-electron chi connectivity index (χ3n) is 20.3. The van der Waals surface area contributed by atoms with E-state index in [1.165, 1.54) is 97.3 Å². The van der Waals surface area contributed by atoms with E-state index in [-0.39, 0.29) is 68.8 Å². The number of ketones is 2. The molecule has 1 aromatic heterocycles. The number of hydrogen-bond acceptors (Lipinski definition) is 19. The van der Waals surface area contributed by atoms with E-state index in [1.54, 1.807) is 60.2 Å². The highest BCUT2D eigenvalue weighted by Gasteiger charge is 2.55. The number of fused-ring (bicyclic) bond motifs is 1. The lowest BCUT2D eigenvalue weighted by atomic mass is 9.85. The van der Waals surface area contributed by atoms with Crippen LogP contribution in [0.1, 0.15) is 181 Å². The standard InChI is InChI=1S/C72H126N14O14S/c1-24-53-68(94)78(17)50(15)66(92)83(22)60(51(16)99-33-27-26-30-85-31-34-98-35-32-85)58(88)41-52(45(8)9)67(93)79(18)54(37-42(2)3)57(87)40-48(13)63(89)73-49(14)65(91)80(19)55(38-43(4)5)69(95)81(20)56(39-44(6)7)70(96)82(21)59(46(10)11)71(97)86-61(64(90)74-53)62(100-86)47(12)29-25-28-36-101-72-75-76-77-84(72)23/h42-56,59-62H,24-41H2,1-23H3,(H,73,89)(H,74,90)/t47-,48-,49-,50-,51-,52+,53+,54+,55+,56+,59+,60+,61+,62-/m1/s1. The van der Waals surface area contributed by atoms with Crippen molar-refractivity contribution in [2.45, 2.75) is 253 Å². The molecule has 3 fully saturated rings. The monoisotopic (exact) mass is 1440 g/mol. The highest BCUT2D eigenvalue weighted by atomic mass is 32.2. The number of nitrogens with one attached hydrogen (secondary N) is 2. The zero-order valence-corrected chi connectivity index (χ0v) is 66.0. The predicted octanol–water partition coefficient (Wildman–Crippen LogP) is 5.15. The summed E-state index contributed by atoms with van der Waals surface area (Å²) in [6.45, 7) is 32.4. The molecule has 0 radical (unpaired) electrons. The largest absolute Gasteiger partial charge is 0.379 e. The minimum absolute atomic E-state index is 0.0523. The van der Waals surface area contributed by atoms with Gasteiger partial charge in [-0.05, 0) is 125 Å². The van der Waals surface area contributed by atoms with Crippen LogP contribution in [0, 0.1) is 47.3 Å². The molecular formula is C72H126N14O14S. The second kappa shape index (κ2) is 40.8. The number of ether oxygens (including phenoxy) is 2. The molecule has 574 valence electrons. The molecule has 101 heavy (non-hydrogen) atoms. The number of thioether (sulfide) groups is 1. The molecule has 28 nitrogen and oxygen atoms in total. The Bertz CT molecular complexity index is 2930. The highest BCUT2D eigenvalue weighted by Crippen LogP contribution is 2.35. The molecule has 2 N–H and O–H groups in total. The normalized spacial score (nSPS) is 27.6. The number of Topliss-reactive ketones (excluding diaryl/α,β-unsaturated/α-hetero) is 2. The molecule has 0 saturated carbocycles. The predicted molar refractivity (Wildman–Crippen MR) is 385 cm³/mol. The fourth-order valence-corrected chi connectivity index (χ4v) is 14.6. The van der Waals surface area contributed by atoms with Crippen LogP contribution in [-0.4, -0.2) is 278 Å². The maximum atomic E-state index is 15.4. The molecule has 0 unspecified atom stereocenters. The summed E-state index contributed by atoms with van der Waals surface area (Å²) < 4.78 is 13.5. The van der Waals surface area contributed by atoms with Crippen molar-refractivity contribution < 1.29 is 67.1 Å². The fourth-order valence-electron chi connectivity index (χ4n) is 13.7. The first-order valence-corrected chi connectivity index (χ1v) is 37.8. The molecule has 0 aromatic carbocycles. The van der Waals surface area contributed by atoms with E-state index in [4.69, 9.17) is 14.3 Å². The van der Waals surface area contributed by atoms with Crippen LogP contribution in [-0.2, 0) is 74.1 Å². The van der Waals surface area contributed by atoms with Gasteiger partial charge in [-0.2, -0.15) is 0 Å². The molecule has 1 aromatic rings. The van der Waals surface area contributed by atoms with Crippen LogP contribution in [0.2, 0.25) is 0 Å². The van der Waals surface area contributed by atoms with Crippen molar-refractivity contribution in [1.82, 2.24) is 70.2 Å². The van der Waals surface area contributed by atoms with Crippen LogP contribution in [0.4, 0.5) is 0 Å². The molecule has 0 aliphatic carbocycles. The molecule has 3 aliphatic heterocycles. The van der Waals surface area contributed by atoms with Crippen LogP contribution >= 0.6 is 11.8 Å². The molecule has 3 saturated heterocycles. The average Bonchev–Trinajstić information content (AvgIpc) is 1.18. The Labute approximate surface area is 606 Å². The van der Waals surface area contributed by atoms with Crippen LogP contribution < -0.4 is 10.6 Å². The smallest absolute Gasteiger partial charge is 0.270 e. The summed E-state index contributed by atoms with van der Waals surface area (Å²) in [5.74, 6) is -9.47. The third-order valence-corrected chi connectivity index (χ3v) is 21.4. The van der Waals surface area contributed by atoms with Gasteiger partial charge < -0.3 is 49.5 Å². The molecule has 9 amide bonds. The Morgan fingerprint density at radius 2 is 1.12 bits per heavy atom. The zero-order valence-electron chi connectivity index (χ0n) is 65.2. The fraction of sp³-hybridized carbons (Fsp3) is 0.833. The van der Waals surface area contributed by atoms with Gasteiger partial charge in [-0.3, -0.25) is 62.5 Å². The van der Waals surface area contributed by atoms with Crippen LogP contribution in [0.5, 0.6) is 0 Å². The van der Waals surface area contributed by atoms with Crippen molar-refractivity contribution in [1.29, 1.82) is 0 Å². The van der Waals surface area contributed by atoms with E-state index in [2.05, 4.69) is 31.1 Å². The Morgan fingerprint density at radius 1 is 0.564 bits per heavy atom. The van der Waals surface area contributed by atoms with Crippen molar-refractivity contribution >= 4 is 76.5 Å². The van der Waals surface area contributed by atoms with Gasteiger partial charge in [0.15, 0.2) is 17.6 Å². The molecule has 4 heterocycles. The summed E-state index contributed by atoms with van der Waals surface area (Å²) in [7, 11) is 10.6. The number of hydroxylamine groups is 2. The number of unbranched alkanes of at least 4 members (excludes halogenated alkanes) is 2. The van der Waals surface area contributed by atoms with Crippen molar-refractivity contribution in [2.24, 2.45) is 54.4 Å². The highest BCUT2D eigenvalue weighted by molar-refractivity contribution is 7.99. The molecule has 14 atom stereocenters. The molecule has 0 bridgehead atoms. The molecule has 3 aliphatic rings. The summed E-state index contributed by atoms with van der Waals surface area (Å²) in [4.78, 5) is 181. The van der Waals surface area contributed by atoms with E-state index < -0.39 is 155 Å². The first-order chi connectivity index (χ1) is 47.3. The summed E-state index contributed by atoms with van der Waals surface area (Å²) in [5.41, 5.74) is 0. The number of carbonyl (C=O) groups excluding carboxylic acids is 11. The topological polar surface area (TPSA) is 309 Å². The number of aromatic nitrogens is 4. The number of tetrazole rings is 1. The van der Waals surface area contributed by atoms with Crippen molar-refractivity contribution in [3.05, 3.63) is 0 Å². The van der Waals surface area contributed by atoms with E-state index >= 15 is 33.6 Å². The minimum Gasteiger partial charge on any atom is -0.379 e.